The van der Waals surface area contributed by atoms with Gasteiger partial charge in [0, 0.05) is 0 Å². The van der Waals surface area contributed by atoms with Crippen LogP contribution in [0.5, 0.6) is 0 Å². The van der Waals surface area contributed by atoms with Gasteiger partial charge < -0.3 is 99.5 Å². The molecule has 0 unspecified atom stereocenters. The first-order valence-electron chi connectivity index (χ1n) is 36.6. The van der Waals surface area contributed by atoms with Crippen molar-refractivity contribution < 1.29 is 99.5 Å². The van der Waals surface area contributed by atoms with E-state index in [-0.39, 0.29) is 0 Å². The fourth-order valence-electron chi connectivity index (χ4n) is 10.7. The number of benzene rings is 6. The summed E-state index contributed by atoms with van der Waals surface area (Å²) in [6.07, 6.45) is 1.82. The lowest BCUT2D eigenvalue weighted by Crippen LogP contribution is -2.34. The van der Waals surface area contributed by atoms with Crippen molar-refractivity contribution in [3.05, 3.63) is 182 Å². The van der Waals surface area contributed by atoms with Crippen LogP contribution >= 0.6 is 14.5 Å². The lowest BCUT2D eigenvalue weighted by atomic mass is 10.4. The second-order valence-electron chi connectivity index (χ2n) is 22.9. The van der Waals surface area contributed by atoms with E-state index in [9.17, 15) is 0 Å². The van der Waals surface area contributed by atoms with Gasteiger partial charge in [-0.2, -0.15) is 0 Å². The summed E-state index contributed by atoms with van der Waals surface area (Å²) >= 11 is 0. The Bertz CT molecular complexity index is 2400. The van der Waals surface area contributed by atoms with E-state index in [1.807, 2.05) is 0 Å². The zero-order valence-electron chi connectivity index (χ0n) is 60.9. The zero-order chi connectivity index (χ0) is 71.6. The van der Waals surface area contributed by atoms with Crippen LogP contribution < -0.4 is 31.8 Å². The number of hydrogen-bond donors (Lipinski definition) is 0. The van der Waals surface area contributed by atoms with E-state index >= 15 is 0 Å². The molecule has 0 N–H and O–H groups in total. The molecule has 6 aromatic rings. The second-order valence-corrected chi connectivity index (χ2v) is 30.2. The summed E-state index contributed by atoms with van der Waals surface area (Å²) in [6, 6.07) is 65.2. The fraction of sp³-hybridized carbons (Fsp3) is 0.550. The van der Waals surface area contributed by atoms with Gasteiger partial charge in [0.25, 0.3) is 0 Å². The van der Waals surface area contributed by atoms with E-state index in [2.05, 4.69) is 182 Å². The van der Waals surface area contributed by atoms with Crippen molar-refractivity contribution in [3.8, 4) is 0 Å². The minimum absolute atomic E-state index is 0.484. The molecule has 0 bridgehead atoms. The molecule has 0 spiro atoms. The van der Waals surface area contributed by atoms with E-state index in [1.165, 1.54) is 31.8 Å². The normalized spacial score (nSPS) is 11.9. The standard InChI is InChI=1S/C80H118O21P2/c1-7-19-75(20-8-1)102(76-21-9-2-10-22-76,77-23-11-3-12-24-77)73-71-100-69-67-98-65-63-96-61-59-94-57-55-92-53-51-90-49-47-88-45-43-86-41-39-84-37-35-82-33-31-81-32-34-83-36-38-85-40-42-87-44-46-89-48-50-91-52-54-93-56-58-95-60-62-97-64-66-99-68-70-101-72-74-103(78-25-13-4-14-26-78,79-27-15-5-16-28-79)80-29-17-6-18-30-80/h1-30H,31-74H2/q+2. The first-order chi connectivity index (χ1) is 51.3. The summed E-state index contributed by atoms with van der Waals surface area (Å²) in [5.74, 6) is 0. The Morgan fingerprint density at radius 1 is 0.117 bits per heavy atom. The molecule has 572 valence electrons. The minimum Gasteiger partial charge on any atom is -0.377 e. The van der Waals surface area contributed by atoms with Gasteiger partial charge in [-0.15, -0.1) is 0 Å². The molecule has 6 rings (SSSR count). The lowest BCUT2D eigenvalue weighted by molar-refractivity contribution is -0.0315. The Labute approximate surface area is 614 Å². The Morgan fingerprint density at radius 3 is 0.301 bits per heavy atom. The molecule has 103 heavy (non-hydrogen) atoms. The summed E-state index contributed by atoms with van der Waals surface area (Å²) in [6.45, 7) is 21.0. The fourth-order valence-corrected chi connectivity index (χ4v) is 18.9. The van der Waals surface area contributed by atoms with Crippen LogP contribution in [0.3, 0.4) is 0 Å². The summed E-state index contributed by atoms with van der Waals surface area (Å²) in [7, 11) is -3.81. The predicted octanol–water partition coefficient (Wildman–Crippen LogP) is 7.32. The highest BCUT2D eigenvalue weighted by molar-refractivity contribution is 7.96. The molecule has 23 heteroatoms. The molecule has 0 radical (unpaired) electrons. The van der Waals surface area contributed by atoms with Crippen molar-refractivity contribution in [1.82, 2.24) is 0 Å². The van der Waals surface area contributed by atoms with Gasteiger partial charge in [-0.1, -0.05) is 109 Å². The SMILES string of the molecule is c1ccc([P+](CCOCCOCCOCCOCCOCCOCCOCCOCCOCCOCCOCCOCCOCCOCCOCCOCCOCCOCCOCCOCCOCC[P+](c2ccccc2)(c2ccccc2)c2ccccc2)(c2ccccc2)c2ccccc2)cc1. The molecule has 0 saturated carbocycles. The molecule has 0 aliphatic heterocycles. The number of rotatable bonds is 72. The van der Waals surface area contributed by atoms with Crippen molar-refractivity contribution in [2.24, 2.45) is 0 Å². The van der Waals surface area contributed by atoms with Crippen molar-refractivity contribution in [2.45, 2.75) is 0 Å². The van der Waals surface area contributed by atoms with Crippen LogP contribution in [0, 0.1) is 0 Å². The molecule has 0 amide bonds. The van der Waals surface area contributed by atoms with Crippen LogP contribution in [0.25, 0.3) is 0 Å². The molecule has 0 saturated heterocycles. The van der Waals surface area contributed by atoms with Gasteiger partial charge in [-0.3, -0.25) is 0 Å². The summed E-state index contributed by atoms with van der Waals surface area (Å²) in [5.41, 5.74) is 0. The largest absolute Gasteiger partial charge is 0.377 e. The Hall–Kier alpha value is -4.66. The van der Waals surface area contributed by atoms with Crippen molar-refractivity contribution in [1.29, 1.82) is 0 Å². The Balaban J connectivity index is 0.554. The third-order valence-corrected chi connectivity index (χ3v) is 24.5. The topological polar surface area (TPSA) is 194 Å². The zero-order valence-corrected chi connectivity index (χ0v) is 62.7. The van der Waals surface area contributed by atoms with Crippen LogP contribution in [0.15, 0.2) is 182 Å². The Morgan fingerprint density at radius 2 is 0.204 bits per heavy atom. The lowest BCUT2D eigenvalue weighted by Gasteiger charge is -2.27. The maximum absolute atomic E-state index is 6.15. The van der Waals surface area contributed by atoms with Crippen LogP contribution in [-0.4, -0.2) is 290 Å². The highest BCUT2D eigenvalue weighted by atomic mass is 31.2. The van der Waals surface area contributed by atoms with Crippen LogP contribution in [-0.2, 0) is 99.5 Å². The molecule has 0 aromatic heterocycles. The molecular weight excluding hydrogens is 1360 g/mol. The molecular formula is C80H118O21P2+2. The highest BCUT2D eigenvalue weighted by Crippen LogP contribution is 2.56. The van der Waals surface area contributed by atoms with Crippen molar-refractivity contribution in [3.63, 3.8) is 0 Å². The third kappa shape index (κ3) is 39.7. The van der Waals surface area contributed by atoms with Gasteiger partial charge >= 0.3 is 0 Å². The number of ether oxygens (including phenoxy) is 21. The maximum Gasteiger partial charge on any atom is 0.114 e. The first kappa shape index (κ1) is 87.3. The molecule has 0 aliphatic rings. The summed E-state index contributed by atoms with van der Waals surface area (Å²) < 4.78 is 119. The van der Waals surface area contributed by atoms with Gasteiger partial charge in [-0.05, 0) is 72.8 Å². The van der Waals surface area contributed by atoms with E-state index in [4.69, 9.17) is 99.5 Å². The van der Waals surface area contributed by atoms with Crippen LogP contribution in [0.4, 0.5) is 0 Å². The van der Waals surface area contributed by atoms with Gasteiger partial charge in [0.1, 0.15) is 46.4 Å². The van der Waals surface area contributed by atoms with E-state index < -0.39 is 14.5 Å². The summed E-state index contributed by atoms with van der Waals surface area (Å²) in [5, 5.41) is 8.14. The third-order valence-electron chi connectivity index (χ3n) is 15.8. The molecule has 0 aliphatic carbocycles. The second kappa shape index (κ2) is 62.4. The van der Waals surface area contributed by atoms with Gasteiger partial charge in [0.15, 0.2) is 0 Å². The molecule has 0 heterocycles. The molecule has 21 nitrogen and oxygen atoms in total. The van der Waals surface area contributed by atoms with E-state index in [0.29, 0.717) is 277 Å². The van der Waals surface area contributed by atoms with Crippen molar-refractivity contribution in [2.75, 3.05) is 290 Å². The summed E-state index contributed by atoms with van der Waals surface area (Å²) in [4.78, 5) is 0. The van der Waals surface area contributed by atoms with Crippen LogP contribution in [0.1, 0.15) is 0 Å². The predicted molar refractivity (Wildman–Crippen MR) is 407 cm³/mol. The molecule has 0 atom stereocenters. The number of hydrogen-bond acceptors (Lipinski definition) is 21. The highest BCUT2D eigenvalue weighted by Gasteiger charge is 2.46. The molecule has 6 aromatic carbocycles. The minimum atomic E-state index is -1.90. The van der Waals surface area contributed by atoms with Gasteiger partial charge in [0.05, 0.1) is 290 Å². The van der Waals surface area contributed by atoms with Crippen LogP contribution in [0.2, 0.25) is 0 Å². The van der Waals surface area contributed by atoms with Crippen molar-refractivity contribution >= 4 is 46.4 Å². The maximum atomic E-state index is 6.15. The van der Waals surface area contributed by atoms with E-state index in [0.717, 1.165) is 12.3 Å². The smallest absolute Gasteiger partial charge is 0.114 e. The Kier molecular flexibility index (Phi) is 52.8. The average Bonchev–Trinajstić information content (AvgIpc) is 0.769. The molecule has 0 fully saturated rings. The van der Waals surface area contributed by atoms with E-state index in [1.54, 1.807) is 0 Å². The van der Waals surface area contributed by atoms with Gasteiger partial charge in [0.2, 0.25) is 0 Å². The first-order valence-corrected chi connectivity index (χ1v) is 40.5. The quantitative estimate of drug-likeness (QED) is 0.0272. The van der Waals surface area contributed by atoms with Gasteiger partial charge in [-0.25, -0.2) is 0 Å². The average molecular weight is 1480 g/mol. The monoisotopic (exact) mass is 1480 g/mol.